The van der Waals surface area contributed by atoms with Gasteiger partial charge in [0.05, 0.1) is 6.10 Å². The predicted molar refractivity (Wildman–Crippen MR) is 66.4 cm³/mol. The first-order chi connectivity index (χ1) is 7.95. The molecule has 0 saturated heterocycles. The van der Waals surface area contributed by atoms with Crippen molar-refractivity contribution < 1.29 is 9.53 Å². The average Bonchev–Trinajstić information content (AvgIpc) is 2.70. The Bertz CT molecular complexity index is 304. The minimum atomic E-state index is 0.0468. The van der Waals surface area contributed by atoms with Crippen LogP contribution in [0, 0.1) is 11.3 Å². The molecule has 0 spiro atoms. The highest BCUT2D eigenvalue weighted by Gasteiger charge is 2.49. The lowest BCUT2D eigenvalue weighted by molar-refractivity contribution is -0.136. The van der Waals surface area contributed by atoms with Gasteiger partial charge in [-0.2, -0.15) is 0 Å². The van der Waals surface area contributed by atoms with Crippen LogP contribution in [-0.2, 0) is 9.53 Å². The van der Waals surface area contributed by atoms with Crippen LogP contribution in [0.2, 0.25) is 0 Å². The van der Waals surface area contributed by atoms with Crippen molar-refractivity contribution in [3.8, 4) is 0 Å². The number of nitrogens with one attached hydrogen (secondary N) is 1. The summed E-state index contributed by atoms with van der Waals surface area (Å²) in [6, 6.07) is 0.462. The second-order valence-corrected chi connectivity index (χ2v) is 6.11. The number of ether oxygens (including phenoxy) is 1. The fraction of sp³-hybridized carbons (Fsp3) is 0.923. The Labute approximate surface area is 103 Å². The number of methoxy groups -OCH3 is 1. The second kappa shape index (κ2) is 4.58. The zero-order chi connectivity index (χ0) is 12.6. The molecule has 4 atom stereocenters. The lowest BCUT2D eigenvalue weighted by Gasteiger charge is -2.51. The van der Waals surface area contributed by atoms with Gasteiger partial charge >= 0.3 is 0 Å². The minimum absolute atomic E-state index is 0.0468. The highest BCUT2D eigenvalue weighted by molar-refractivity contribution is 5.79. The molecular formula is C13H24N2O2. The highest BCUT2D eigenvalue weighted by Crippen LogP contribution is 2.42. The molecule has 0 aromatic carbocycles. The maximum Gasteiger partial charge on any atom is 0.223 e. The standard InChI is InChI=1S/C13H24N2O2/c1-13(2)10(7-11(13)17-3)15-12(16)8-4-5-9(14)6-8/h8-11H,4-7,14H2,1-3H3,(H,15,16). The van der Waals surface area contributed by atoms with Gasteiger partial charge in [0.2, 0.25) is 5.91 Å². The van der Waals surface area contributed by atoms with E-state index in [4.69, 9.17) is 10.5 Å². The molecule has 17 heavy (non-hydrogen) atoms. The molecule has 3 N–H and O–H groups in total. The monoisotopic (exact) mass is 240 g/mol. The molecule has 2 saturated carbocycles. The van der Waals surface area contributed by atoms with E-state index in [1.54, 1.807) is 7.11 Å². The number of carbonyl (C=O) groups excluding carboxylic acids is 1. The number of nitrogens with two attached hydrogens (primary N) is 1. The van der Waals surface area contributed by atoms with Gasteiger partial charge in [-0.25, -0.2) is 0 Å². The summed E-state index contributed by atoms with van der Waals surface area (Å²) in [5.41, 5.74) is 5.88. The van der Waals surface area contributed by atoms with Gasteiger partial charge in [0.15, 0.2) is 0 Å². The first-order valence-electron chi connectivity index (χ1n) is 6.54. The average molecular weight is 240 g/mol. The summed E-state index contributed by atoms with van der Waals surface area (Å²) in [6.45, 7) is 4.30. The molecule has 4 nitrogen and oxygen atoms in total. The third kappa shape index (κ3) is 2.33. The molecular weight excluding hydrogens is 216 g/mol. The highest BCUT2D eigenvalue weighted by atomic mass is 16.5. The molecule has 0 aliphatic heterocycles. The number of hydrogen-bond acceptors (Lipinski definition) is 3. The van der Waals surface area contributed by atoms with E-state index in [9.17, 15) is 4.79 Å². The van der Waals surface area contributed by atoms with Crippen LogP contribution < -0.4 is 11.1 Å². The van der Waals surface area contributed by atoms with Crippen molar-refractivity contribution >= 4 is 5.91 Å². The zero-order valence-electron chi connectivity index (χ0n) is 11.0. The summed E-state index contributed by atoms with van der Waals surface area (Å²) in [5, 5.41) is 3.16. The van der Waals surface area contributed by atoms with E-state index >= 15 is 0 Å². The van der Waals surface area contributed by atoms with Crippen molar-refractivity contribution in [3.63, 3.8) is 0 Å². The van der Waals surface area contributed by atoms with E-state index in [2.05, 4.69) is 19.2 Å². The van der Waals surface area contributed by atoms with E-state index in [0.29, 0.717) is 0 Å². The van der Waals surface area contributed by atoms with Crippen molar-refractivity contribution in [2.45, 2.75) is 57.7 Å². The Morgan fingerprint density at radius 1 is 1.35 bits per heavy atom. The predicted octanol–water partition coefficient (Wildman–Crippen LogP) is 1.04. The van der Waals surface area contributed by atoms with E-state index in [0.717, 1.165) is 25.7 Å². The topological polar surface area (TPSA) is 64.3 Å². The Balaban J connectivity index is 1.84. The molecule has 98 valence electrons. The Hall–Kier alpha value is -0.610. The van der Waals surface area contributed by atoms with Crippen molar-refractivity contribution in [2.24, 2.45) is 17.1 Å². The summed E-state index contributed by atoms with van der Waals surface area (Å²) in [4.78, 5) is 12.1. The molecule has 0 aromatic heterocycles. The van der Waals surface area contributed by atoms with E-state index in [1.807, 2.05) is 0 Å². The van der Waals surface area contributed by atoms with Gasteiger partial charge in [0.25, 0.3) is 0 Å². The fourth-order valence-electron chi connectivity index (χ4n) is 3.07. The van der Waals surface area contributed by atoms with Gasteiger partial charge < -0.3 is 15.8 Å². The Morgan fingerprint density at radius 2 is 2.06 bits per heavy atom. The van der Waals surface area contributed by atoms with Crippen LogP contribution in [0.1, 0.15) is 39.5 Å². The molecule has 2 aliphatic carbocycles. The minimum Gasteiger partial charge on any atom is -0.381 e. The fourth-order valence-corrected chi connectivity index (χ4v) is 3.07. The van der Waals surface area contributed by atoms with E-state index in [1.165, 1.54) is 0 Å². The maximum atomic E-state index is 12.1. The van der Waals surface area contributed by atoms with Gasteiger partial charge in [-0.3, -0.25) is 4.79 Å². The van der Waals surface area contributed by atoms with Crippen LogP contribution in [-0.4, -0.2) is 31.2 Å². The number of carbonyl (C=O) groups is 1. The third-order valence-corrected chi connectivity index (χ3v) is 4.62. The summed E-state index contributed by atoms with van der Waals surface area (Å²) in [7, 11) is 1.74. The van der Waals surface area contributed by atoms with E-state index in [-0.39, 0.29) is 35.4 Å². The molecule has 1 amide bonds. The van der Waals surface area contributed by atoms with Crippen LogP contribution >= 0.6 is 0 Å². The summed E-state index contributed by atoms with van der Waals surface area (Å²) in [6.07, 6.45) is 3.94. The summed E-state index contributed by atoms with van der Waals surface area (Å²) >= 11 is 0. The summed E-state index contributed by atoms with van der Waals surface area (Å²) in [5.74, 6) is 0.313. The molecule has 2 aliphatic rings. The molecule has 0 radical (unpaired) electrons. The quantitative estimate of drug-likeness (QED) is 0.775. The number of hydrogen-bond donors (Lipinski definition) is 2. The van der Waals surface area contributed by atoms with Crippen molar-refractivity contribution in [3.05, 3.63) is 0 Å². The van der Waals surface area contributed by atoms with Crippen LogP contribution in [0.3, 0.4) is 0 Å². The lowest BCUT2D eigenvalue weighted by Crippen LogP contribution is -2.62. The molecule has 4 heteroatoms. The van der Waals surface area contributed by atoms with Crippen molar-refractivity contribution in [1.29, 1.82) is 0 Å². The SMILES string of the molecule is COC1CC(NC(=O)C2CCC(N)C2)C1(C)C. The smallest absolute Gasteiger partial charge is 0.223 e. The van der Waals surface area contributed by atoms with Gasteiger partial charge in [-0.15, -0.1) is 0 Å². The summed E-state index contributed by atoms with van der Waals surface area (Å²) < 4.78 is 5.38. The maximum absolute atomic E-state index is 12.1. The van der Waals surface area contributed by atoms with Crippen LogP contribution in [0.25, 0.3) is 0 Å². The Morgan fingerprint density at radius 3 is 2.53 bits per heavy atom. The molecule has 0 heterocycles. The first kappa shape index (κ1) is 12.8. The van der Waals surface area contributed by atoms with Gasteiger partial charge in [-0.05, 0) is 25.7 Å². The van der Waals surface area contributed by atoms with Crippen LogP contribution in [0.4, 0.5) is 0 Å². The van der Waals surface area contributed by atoms with Crippen LogP contribution in [0.15, 0.2) is 0 Å². The molecule has 0 aromatic rings. The van der Waals surface area contributed by atoms with Crippen molar-refractivity contribution in [2.75, 3.05) is 7.11 Å². The number of rotatable bonds is 3. The number of amides is 1. The molecule has 4 unspecified atom stereocenters. The second-order valence-electron chi connectivity index (χ2n) is 6.11. The van der Waals surface area contributed by atoms with E-state index < -0.39 is 0 Å². The normalized spacial score (nSPS) is 39.8. The largest absolute Gasteiger partial charge is 0.381 e. The third-order valence-electron chi connectivity index (χ3n) is 4.62. The Kier molecular flexibility index (Phi) is 3.46. The van der Waals surface area contributed by atoms with Crippen molar-refractivity contribution in [1.82, 2.24) is 5.32 Å². The zero-order valence-corrected chi connectivity index (χ0v) is 11.0. The van der Waals surface area contributed by atoms with Gasteiger partial charge in [-0.1, -0.05) is 13.8 Å². The van der Waals surface area contributed by atoms with Crippen LogP contribution in [0.5, 0.6) is 0 Å². The van der Waals surface area contributed by atoms with Gasteiger partial charge in [0, 0.05) is 30.5 Å². The van der Waals surface area contributed by atoms with Gasteiger partial charge in [0.1, 0.15) is 0 Å². The molecule has 2 fully saturated rings. The first-order valence-corrected chi connectivity index (χ1v) is 6.54. The molecule has 2 rings (SSSR count). The lowest BCUT2D eigenvalue weighted by atomic mass is 9.64. The molecule has 0 bridgehead atoms.